The molecule has 4 N–H and O–H groups in total. The Bertz CT molecular complexity index is 467. The van der Waals surface area contributed by atoms with Gasteiger partial charge in [0.1, 0.15) is 11.6 Å². The Morgan fingerprint density at radius 1 is 1.31 bits per heavy atom. The number of aryl methyl sites for hydroxylation is 1. The van der Waals surface area contributed by atoms with Gasteiger partial charge in [0.25, 0.3) is 0 Å². The van der Waals surface area contributed by atoms with E-state index in [1.165, 1.54) is 11.1 Å². The van der Waals surface area contributed by atoms with Crippen molar-refractivity contribution in [1.29, 1.82) is 0 Å². The molecular formula is C11H14N4S. The summed E-state index contributed by atoms with van der Waals surface area (Å²) in [5, 5.41) is 7.55. The minimum atomic E-state index is 0.659. The number of aromatic nitrogens is 1. The lowest BCUT2D eigenvalue weighted by Crippen LogP contribution is -2.09. The zero-order valence-corrected chi connectivity index (χ0v) is 9.84. The molecule has 0 radical (unpaired) electrons. The number of nitrogens with zero attached hydrogens (tertiary/aromatic N) is 1. The first kappa shape index (κ1) is 10.9. The lowest BCUT2D eigenvalue weighted by molar-refractivity contribution is 1.10. The summed E-state index contributed by atoms with van der Waals surface area (Å²) in [6.07, 6.45) is 0. The summed E-state index contributed by atoms with van der Waals surface area (Å²) in [6, 6.07) is 5.65. The molecular weight excluding hydrogens is 220 g/mol. The molecule has 16 heavy (non-hydrogen) atoms. The van der Waals surface area contributed by atoms with Crippen LogP contribution < -0.4 is 16.6 Å². The van der Waals surface area contributed by atoms with Crippen molar-refractivity contribution >= 4 is 23.0 Å². The topological polar surface area (TPSA) is 63.0 Å². The molecule has 2 rings (SSSR count). The summed E-state index contributed by atoms with van der Waals surface area (Å²) in [5.74, 6) is 6.77. The molecule has 0 spiro atoms. The van der Waals surface area contributed by atoms with Crippen LogP contribution in [-0.2, 0) is 6.54 Å². The molecule has 0 amide bonds. The fourth-order valence-electron chi connectivity index (χ4n) is 1.37. The number of nitrogens with two attached hydrogens (primary N) is 1. The fraction of sp³-hybridized carbons (Fsp3) is 0.182. The van der Waals surface area contributed by atoms with Gasteiger partial charge in [-0.05, 0) is 40.9 Å². The van der Waals surface area contributed by atoms with E-state index in [-0.39, 0.29) is 0 Å². The number of nitrogens with one attached hydrogen (secondary N) is 2. The van der Waals surface area contributed by atoms with Crippen LogP contribution in [0.25, 0.3) is 0 Å². The van der Waals surface area contributed by atoms with Gasteiger partial charge in [0, 0.05) is 6.54 Å². The summed E-state index contributed by atoms with van der Waals surface area (Å²) in [4.78, 5) is 4.28. The van der Waals surface area contributed by atoms with Crippen LogP contribution in [0.2, 0.25) is 0 Å². The van der Waals surface area contributed by atoms with Crippen molar-refractivity contribution in [2.45, 2.75) is 13.5 Å². The standard InChI is InChI=1S/C11H14N4S/c1-8-6-16-7-9(8)5-13-10-3-2-4-11(14-10)15-12/h2-4,6-7H,5,12H2,1H3,(H2,13,14,15). The Morgan fingerprint density at radius 2 is 2.12 bits per heavy atom. The molecule has 0 aliphatic rings. The van der Waals surface area contributed by atoms with Gasteiger partial charge in [0.2, 0.25) is 0 Å². The third kappa shape index (κ3) is 2.50. The van der Waals surface area contributed by atoms with Crippen LogP contribution in [-0.4, -0.2) is 4.98 Å². The molecule has 5 heteroatoms. The molecule has 0 saturated carbocycles. The van der Waals surface area contributed by atoms with Gasteiger partial charge in [-0.3, -0.25) is 0 Å². The molecule has 0 bridgehead atoms. The first-order valence-electron chi connectivity index (χ1n) is 4.99. The molecule has 0 aromatic carbocycles. The monoisotopic (exact) mass is 234 g/mol. The summed E-state index contributed by atoms with van der Waals surface area (Å²) < 4.78 is 0. The minimum absolute atomic E-state index is 0.659. The Balaban J connectivity index is 2.02. The average Bonchev–Trinajstić information content (AvgIpc) is 2.72. The normalized spacial score (nSPS) is 10.1. The Kier molecular flexibility index (Phi) is 3.38. The Labute approximate surface area is 98.5 Å². The third-order valence-corrected chi connectivity index (χ3v) is 3.23. The van der Waals surface area contributed by atoms with Crippen molar-refractivity contribution in [3.8, 4) is 0 Å². The van der Waals surface area contributed by atoms with Crippen molar-refractivity contribution in [2.75, 3.05) is 10.7 Å². The first-order valence-corrected chi connectivity index (χ1v) is 5.93. The SMILES string of the molecule is Cc1cscc1CNc1cccc(NN)n1. The molecule has 0 saturated heterocycles. The second kappa shape index (κ2) is 4.96. The van der Waals surface area contributed by atoms with E-state index >= 15 is 0 Å². The van der Waals surface area contributed by atoms with E-state index in [1.807, 2.05) is 18.2 Å². The largest absolute Gasteiger partial charge is 0.366 e. The predicted molar refractivity (Wildman–Crippen MR) is 68.4 cm³/mol. The van der Waals surface area contributed by atoms with E-state index in [2.05, 4.69) is 33.4 Å². The van der Waals surface area contributed by atoms with Crippen LogP contribution in [0.15, 0.2) is 29.0 Å². The molecule has 2 aromatic rings. The van der Waals surface area contributed by atoms with Gasteiger partial charge in [0.15, 0.2) is 0 Å². The molecule has 0 unspecified atom stereocenters. The van der Waals surface area contributed by atoms with Crippen LogP contribution in [0, 0.1) is 6.92 Å². The van der Waals surface area contributed by atoms with Gasteiger partial charge in [-0.15, -0.1) is 0 Å². The van der Waals surface area contributed by atoms with Crippen LogP contribution in [0.5, 0.6) is 0 Å². The second-order valence-corrected chi connectivity index (χ2v) is 4.23. The summed E-state index contributed by atoms with van der Waals surface area (Å²) in [7, 11) is 0. The van der Waals surface area contributed by atoms with Gasteiger partial charge in [-0.25, -0.2) is 10.8 Å². The highest BCUT2D eigenvalue weighted by molar-refractivity contribution is 7.08. The molecule has 4 nitrogen and oxygen atoms in total. The first-order chi connectivity index (χ1) is 7.79. The van der Waals surface area contributed by atoms with Crippen molar-refractivity contribution in [3.05, 3.63) is 40.1 Å². The smallest absolute Gasteiger partial charge is 0.142 e. The molecule has 0 atom stereocenters. The number of hydrogen-bond donors (Lipinski definition) is 3. The van der Waals surface area contributed by atoms with E-state index in [0.717, 1.165) is 12.4 Å². The van der Waals surface area contributed by atoms with E-state index < -0.39 is 0 Å². The lowest BCUT2D eigenvalue weighted by atomic mass is 10.2. The van der Waals surface area contributed by atoms with Gasteiger partial charge in [-0.2, -0.15) is 11.3 Å². The van der Waals surface area contributed by atoms with E-state index in [9.17, 15) is 0 Å². The third-order valence-electron chi connectivity index (χ3n) is 2.32. The number of rotatable bonds is 4. The number of nitrogen functional groups attached to an aromatic ring is 1. The highest BCUT2D eigenvalue weighted by atomic mass is 32.1. The number of anilines is 2. The summed E-state index contributed by atoms with van der Waals surface area (Å²) >= 11 is 1.72. The van der Waals surface area contributed by atoms with Gasteiger partial charge in [0.05, 0.1) is 0 Å². The molecule has 2 heterocycles. The predicted octanol–water partition coefficient (Wildman–Crippen LogP) is 2.35. The highest BCUT2D eigenvalue weighted by Gasteiger charge is 2.00. The van der Waals surface area contributed by atoms with Crippen LogP contribution in [0.1, 0.15) is 11.1 Å². The maximum absolute atomic E-state index is 5.29. The molecule has 0 aliphatic carbocycles. The van der Waals surface area contributed by atoms with E-state index in [1.54, 1.807) is 11.3 Å². The Morgan fingerprint density at radius 3 is 2.81 bits per heavy atom. The van der Waals surface area contributed by atoms with Crippen molar-refractivity contribution in [3.63, 3.8) is 0 Å². The van der Waals surface area contributed by atoms with Crippen LogP contribution in [0.4, 0.5) is 11.6 Å². The number of hydrazine groups is 1. The maximum Gasteiger partial charge on any atom is 0.142 e. The highest BCUT2D eigenvalue weighted by Crippen LogP contribution is 2.15. The summed E-state index contributed by atoms with van der Waals surface area (Å²) in [6.45, 7) is 2.90. The van der Waals surface area contributed by atoms with Crippen molar-refractivity contribution in [2.24, 2.45) is 5.84 Å². The Hall–Kier alpha value is -1.59. The maximum atomic E-state index is 5.29. The zero-order chi connectivity index (χ0) is 11.4. The average molecular weight is 234 g/mol. The van der Waals surface area contributed by atoms with E-state index in [4.69, 9.17) is 5.84 Å². The fourth-order valence-corrected chi connectivity index (χ4v) is 2.22. The van der Waals surface area contributed by atoms with E-state index in [0.29, 0.717) is 5.82 Å². The number of thiophene rings is 1. The summed E-state index contributed by atoms with van der Waals surface area (Å²) in [5.41, 5.74) is 5.14. The number of pyridine rings is 1. The molecule has 0 fully saturated rings. The second-order valence-electron chi connectivity index (χ2n) is 3.49. The molecule has 84 valence electrons. The van der Waals surface area contributed by atoms with Crippen molar-refractivity contribution < 1.29 is 0 Å². The van der Waals surface area contributed by atoms with Gasteiger partial charge >= 0.3 is 0 Å². The lowest BCUT2D eigenvalue weighted by Gasteiger charge is -2.06. The van der Waals surface area contributed by atoms with Crippen LogP contribution >= 0.6 is 11.3 Å². The quantitative estimate of drug-likeness (QED) is 0.561. The zero-order valence-electron chi connectivity index (χ0n) is 9.03. The van der Waals surface area contributed by atoms with Gasteiger partial charge in [-0.1, -0.05) is 6.07 Å². The van der Waals surface area contributed by atoms with Gasteiger partial charge < -0.3 is 10.7 Å². The van der Waals surface area contributed by atoms with Crippen LogP contribution in [0.3, 0.4) is 0 Å². The molecule has 2 aromatic heterocycles. The molecule has 0 aliphatic heterocycles. The minimum Gasteiger partial charge on any atom is -0.366 e. The number of hydrogen-bond acceptors (Lipinski definition) is 5. The van der Waals surface area contributed by atoms with Crippen molar-refractivity contribution in [1.82, 2.24) is 4.98 Å².